The van der Waals surface area contributed by atoms with Crippen LogP contribution in [0.15, 0.2) is 6.20 Å². The largest absolute Gasteiger partial charge is 0.490 e. The van der Waals surface area contributed by atoms with Crippen LogP contribution in [-0.4, -0.2) is 75.1 Å². The molecule has 0 spiro atoms. The van der Waals surface area contributed by atoms with Gasteiger partial charge in [0.15, 0.2) is 0 Å². The average molecular weight is 448 g/mol. The molecule has 1 aliphatic carbocycles. The molecular weight excluding hydrogens is 415 g/mol. The van der Waals surface area contributed by atoms with Crippen LogP contribution in [0.5, 0.6) is 0 Å². The summed E-state index contributed by atoms with van der Waals surface area (Å²) >= 11 is 0. The molecule has 8 nitrogen and oxygen atoms in total. The number of hydrogen-bond donors (Lipinski definition) is 1. The molecule has 0 aromatic carbocycles. The number of amides is 1. The minimum atomic E-state index is -5.08. The van der Waals surface area contributed by atoms with Gasteiger partial charge in [-0.05, 0) is 39.8 Å². The maximum atomic E-state index is 12.8. The Hall–Kier alpha value is -2.17. The van der Waals surface area contributed by atoms with Crippen molar-refractivity contribution in [2.75, 3.05) is 27.2 Å². The molecule has 0 unspecified atom stereocenters. The molecule has 0 radical (unpaired) electrons. The van der Waals surface area contributed by atoms with Gasteiger partial charge in [-0.25, -0.2) is 9.48 Å². The van der Waals surface area contributed by atoms with Crippen molar-refractivity contribution in [2.24, 2.45) is 5.92 Å². The zero-order chi connectivity index (χ0) is 23.0. The molecular formula is C20H32F3N5O3. The zero-order valence-corrected chi connectivity index (χ0v) is 18.1. The quantitative estimate of drug-likeness (QED) is 0.714. The van der Waals surface area contributed by atoms with E-state index in [1.54, 1.807) is 0 Å². The second-order valence-electron chi connectivity index (χ2n) is 8.48. The van der Waals surface area contributed by atoms with Crippen LogP contribution in [0.3, 0.4) is 0 Å². The Labute approximate surface area is 180 Å². The smallest absolute Gasteiger partial charge is 0.475 e. The lowest BCUT2D eigenvalue weighted by molar-refractivity contribution is -0.192. The SMILES string of the molecule is CN(C)Cc1cn(C2CCN(C(=O)C3CCCCCC3)CC2)nn1.O=C(O)C(F)(F)F. The van der Waals surface area contributed by atoms with E-state index in [9.17, 15) is 18.0 Å². The number of nitrogens with zero attached hydrogens (tertiary/aromatic N) is 5. The summed E-state index contributed by atoms with van der Waals surface area (Å²) in [6, 6.07) is 0.381. The van der Waals surface area contributed by atoms with Crippen LogP contribution in [0.2, 0.25) is 0 Å². The van der Waals surface area contributed by atoms with Gasteiger partial charge in [0.2, 0.25) is 5.91 Å². The first-order valence-corrected chi connectivity index (χ1v) is 10.7. The van der Waals surface area contributed by atoms with Crippen LogP contribution in [-0.2, 0) is 16.1 Å². The van der Waals surface area contributed by atoms with E-state index >= 15 is 0 Å². The van der Waals surface area contributed by atoms with E-state index in [1.165, 1.54) is 25.7 Å². The normalized spacial score (nSPS) is 19.0. The number of piperidine rings is 1. The van der Waals surface area contributed by atoms with Crippen LogP contribution >= 0.6 is 0 Å². The first-order valence-electron chi connectivity index (χ1n) is 10.7. The summed E-state index contributed by atoms with van der Waals surface area (Å²) in [6.45, 7) is 2.55. The summed E-state index contributed by atoms with van der Waals surface area (Å²) in [7, 11) is 4.08. The second kappa shape index (κ2) is 11.4. The lowest BCUT2D eigenvalue weighted by atomic mass is 9.96. The third-order valence-electron chi connectivity index (χ3n) is 5.63. The van der Waals surface area contributed by atoms with Gasteiger partial charge in [-0.3, -0.25) is 4.79 Å². The summed E-state index contributed by atoms with van der Waals surface area (Å²) in [5, 5.41) is 15.7. The molecule has 1 aliphatic heterocycles. The highest BCUT2D eigenvalue weighted by atomic mass is 19.4. The predicted octanol–water partition coefficient (Wildman–Crippen LogP) is 3.11. The van der Waals surface area contributed by atoms with Gasteiger partial charge in [0, 0.05) is 25.6 Å². The number of carboxylic acid groups (broad SMARTS) is 1. The number of halogens is 3. The highest BCUT2D eigenvalue weighted by Crippen LogP contribution is 2.28. The Morgan fingerprint density at radius 2 is 1.65 bits per heavy atom. The Balaban J connectivity index is 0.000000423. The van der Waals surface area contributed by atoms with Crippen molar-refractivity contribution < 1.29 is 27.9 Å². The van der Waals surface area contributed by atoms with Crippen molar-refractivity contribution in [1.29, 1.82) is 0 Å². The number of aromatic nitrogens is 3. The van der Waals surface area contributed by atoms with Gasteiger partial charge in [0.1, 0.15) is 0 Å². The molecule has 11 heteroatoms. The standard InChI is InChI=1S/C18H31N5O.C2HF3O2/c1-21(2)13-16-14-23(20-19-16)17-9-11-22(12-10-17)18(24)15-7-5-3-4-6-8-15;3-2(4,5)1(6)7/h14-15,17H,3-13H2,1-2H3;(H,6,7). The second-order valence-corrected chi connectivity index (χ2v) is 8.48. The van der Waals surface area contributed by atoms with E-state index in [0.29, 0.717) is 11.9 Å². The highest BCUT2D eigenvalue weighted by molar-refractivity contribution is 5.79. The number of aliphatic carboxylic acids is 1. The van der Waals surface area contributed by atoms with Crippen molar-refractivity contribution >= 4 is 11.9 Å². The maximum Gasteiger partial charge on any atom is 0.490 e. The molecule has 0 bridgehead atoms. The Morgan fingerprint density at radius 3 is 2.13 bits per heavy atom. The molecule has 176 valence electrons. The molecule has 1 saturated heterocycles. The van der Waals surface area contributed by atoms with Crippen LogP contribution in [0.4, 0.5) is 13.2 Å². The number of hydrogen-bond acceptors (Lipinski definition) is 5. The minimum absolute atomic E-state index is 0.280. The van der Waals surface area contributed by atoms with Crippen molar-refractivity contribution in [2.45, 2.75) is 70.1 Å². The van der Waals surface area contributed by atoms with E-state index in [2.05, 4.69) is 26.3 Å². The maximum absolute atomic E-state index is 12.8. The van der Waals surface area contributed by atoms with Crippen LogP contribution in [0, 0.1) is 5.92 Å². The summed E-state index contributed by atoms with van der Waals surface area (Å²) < 4.78 is 33.7. The van der Waals surface area contributed by atoms with E-state index in [0.717, 1.165) is 51.0 Å². The van der Waals surface area contributed by atoms with E-state index in [1.807, 2.05) is 18.8 Å². The molecule has 1 aromatic rings. The number of carbonyl (C=O) groups excluding carboxylic acids is 1. The van der Waals surface area contributed by atoms with E-state index in [4.69, 9.17) is 9.90 Å². The monoisotopic (exact) mass is 447 g/mol. The van der Waals surface area contributed by atoms with Gasteiger partial charge in [0.05, 0.1) is 17.9 Å². The number of rotatable bonds is 4. The number of carbonyl (C=O) groups is 2. The fourth-order valence-electron chi connectivity index (χ4n) is 4.02. The summed E-state index contributed by atoms with van der Waals surface area (Å²) in [5.41, 5.74) is 1.01. The average Bonchev–Trinajstić information content (AvgIpc) is 2.98. The van der Waals surface area contributed by atoms with E-state index < -0.39 is 12.1 Å². The third kappa shape index (κ3) is 8.12. The molecule has 1 N–H and O–H groups in total. The third-order valence-corrected chi connectivity index (χ3v) is 5.63. The van der Waals surface area contributed by atoms with Gasteiger partial charge in [-0.2, -0.15) is 13.2 Å². The van der Waals surface area contributed by atoms with Crippen molar-refractivity contribution in [3.05, 3.63) is 11.9 Å². The minimum Gasteiger partial charge on any atom is -0.475 e. The number of likely N-dealkylation sites (tertiary alicyclic amines) is 1. The fraction of sp³-hybridized carbons (Fsp3) is 0.800. The highest BCUT2D eigenvalue weighted by Gasteiger charge is 2.38. The van der Waals surface area contributed by atoms with Crippen LogP contribution in [0.25, 0.3) is 0 Å². The molecule has 0 atom stereocenters. The zero-order valence-electron chi connectivity index (χ0n) is 18.1. The Kier molecular flexibility index (Phi) is 9.27. The molecule has 31 heavy (non-hydrogen) atoms. The van der Waals surface area contributed by atoms with Gasteiger partial charge >= 0.3 is 12.1 Å². The van der Waals surface area contributed by atoms with Crippen molar-refractivity contribution in [3.8, 4) is 0 Å². The van der Waals surface area contributed by atoms with Crippen LogP contribution in [0.1, 0.15) is 63.1 Å². The predicted molar refractivity (Wildman–Crippen MR) is 107 cm³/mol. The van der Waals surface area contributed by atoms with Gasteiger partial charge < -0.3 is 14.9 Å². The topological polar surface area (TPSA) is 91.6 Å². The first kappa shape index (κ1) is 25.1. The summed E-state index contributed by atoms with van der Waals surface area (Å²) in [6.07, 6.45) is 6.19. The summed E-state index contributed by atoms with van der Waals surface area (Å²) in [5.74, 6) is -2.07. The van der Waals surface area contributed by atoms with Crippen molar-refractivity contribution in [1.82, 2.24) is 24.8 Å². The number of carboxylic acids is 1. The Morgan fingerprint density at radius 1 is 1.10 bits per heavy atom. The molecule has 1 aromatic heterocycles. The van der Waals surface area contributed by atoms with E-state index in [-0.39, 0.29) is 5.92 Å². The lowest BCUT2D eigenvalue weighted by Gasteiger charge is -2.34. The van der Waals surface area contributed by atoms with Crippen LogP contribution < -0.4 is 0 Å². The van der Waals surface area contributed by atoms with Crippen molar-refractivity contribution in [3.63, 3.8) is 0 Å². The first-order chi connectivity index (χ1) is 14.6. The molecule has 1 amide bonds. The summed E-state index contributed by atoms with van der Waals surface area (Å²) in [4.78, 5) is 25.9. The molecule has 2 heterocycles. The van der Waals surface area contributed by atoms with Gasteiger partial charge in [0.25, 0.3) is 0 Å². The molecule has 2 fully saturated rings. The van der Waals surface area contributed by atoms with Gasteiger partial charge in [-0.1, -0.05) is 30.9 Å². The molecule has 2 aliphatic rings. The Bertz CT molecular complexity index is 707. The molecule has 1 saturated carbocycles. The number of alkyl halides is 3. The fourth-order valence-corrected chi connectivity index (χ4v) is 4.02. The molecule has 3 rings (SSSR count). The van der Waals surface area contributed by atoms with Gasteiger partial charge in [-0.15, -0.1) is 5.10 Å². The lowest BCUT2D eigenvalue weighted by Crippen LogP contribution is -2.42.